The lowest BCUT2D eigenvalue weighted by Gasteiger charge is -2.36. The molecule has 2 amide bonds. The van der Waals surface area contributed by atoms with Crippen LogP contribution in [0.4, 0.5) is 4.79 Å². The molecule has 3 aliphatic rings. The Kier molecular flexibility index (Phi) is 6.54. The molecule has 1 aromatic heterocycles. The summed E-state index contributed by atoms with van der Waals surface area (Å²) in [5, 5.41) is 2.79. The summed E-state index contributed by atoms with van der Waals surface area (Å²) in [6.45, 7) is 3.93. The van der Waals surface area contributed by atoms with Crippen LogP contribution in [0.5, 0.6) is 0 Å². The molecular weight excluding hydrogens is 428 g/mol. The highest BCUT2D eigenvalue weighted by molar-refractivity contribution is 5.87. The number of rotatable bonds is 5. The fourth-order valence-electron chi connectivity index (χ4n) is 6.60. The molecule has 5 rings (SSSR count). The molecule has 3 fully saturated rings. The lowest BCUT2D eigenvalue weighted by Crippen LogP contribution is -2.53. The number of hydrogen-bond donors (Lipinski definition) is 2. The third-order valence-corrected chi connectivity index (χ3v) is 8.40. The van der Waals surface area contributed by atoms with Crippen molar-refractivity contribution in [2.24, 2.45) is 11.8 Å². The van der Waals surface area contributed by atoms with E-state index >= 15 is 0 Å². The number of likely N-dealkylation sites (tertiary alicyclic amines) is 1. The lowest BCUT2D eigenvalue weighted by atomic mass is 9.84. The van der Waals surface area contributed by atoms with Crippen LogP contribution in [0.3, 0.4) is 0 Å². The van der Waals surface area contributed by atoms with Gasteiger partial charge in [0.25, 0.3) is 0 Å². The van der Waals surface area contributed by atoms with Crippen molar-refractivity contribution in [1.82, 2.24) is 20.2 Å². The number of imidazole rings is 1. The SMILES string of the molecule is COC(=O)N[C@H](C(=O)N1C(c2nc3ccc(C4CCCC4)cc3[nH]2)C[C@@H]2CCCC[C@@H]21)C(C)C. The first-order chi connectivity index (χ1) is 16.5. The van der Waals surface area contributed by atoms with E-state index in [1.165, 1.54) is 44.8 Å². The first kappa shape index (κ1) is 23.2. The molecule has 1 saturated heterocycles. The summed E-state index contributed by atoms with van der Waals surface area (Å²) in [6.07, 6.45) is 10.0. The van der Waals surface area contributed by atoms with E-state index in [0.29, 0.717) is 11.8 Å². The van der Waals surface area contributed by atoms with Gasteiger partial charge in [-0.1, -0.05) is 45.6 Å². The zero-order valence-electron chi connectivity index (χ0n) is 20.7. The van der Waals surface area contributed by atoms with Gasteiger partial charge in [-0.3, -0.25) is 4.79 Å². The highest BCUT2D eigenvalue weighted by Gasteiger charge is 2.48. The van der Waals surface area contributed by atoms with Crippen LogP contribution in [0.1, 0.15) is 95.0 Å². The quantitative estimate of drug-likeness (QED) is 0.615. The molecule has 1 aliphatic heterocycles. The van der Waals surface area contributed by atoms with Crippen molar-refractivity contribution >= 4 is 23.0 Å². The summed E-state index contributed by atoms with van der Waals surface area (Å²) in [7, 11) is 1.33. The van der Waals surface area contributed by atoms with Gasteiger partial charge in [0, 0.05) is 6.04 Å². The molecule has 2 saturated carbocycles. The normalized spacial score (nSPS) is 26.1. The maximum Gasteiger partial charge on any atom is 0.407 e. The number of H-pyrrole nitrogens is 1. The van der Waals surface area contributed by atoms with Gasteiger partial charge in [-0.05, 0) is 67.6 Å². The van der Waals surface area contributed by atoms with Crippen LogP contribution in [0.2, 0.25) is 0 Å². The molecule has 2 N–H and O–H groups in total. The number of nitrogens with one attached hydrogen (secondary N) is 2. The number of ether oxygens (including phenoxy) is 1. The molecule has 184 valence electrons. The molecule has 0 spiro atoms. The van der Waals surface area contributed by atoms with Crippen LogP contribution in [0.15, 0.2) is 18.2 Å². The summed E-state index contributed by atoms with van der Waals surface area (Å²) in [5.74, 6) is 1.95. The molecule has 4 atom stereocenters. The molecule has 1 unspecified atom stereocenters. The van der Waals surface area contributed by atoms with Gasteiger partial charge < -0.3 is 19.9 Å². The highest BCUT2D eigenvalue weighted by Crippen LogP contribution is 2.46. The molecule has 0 bridgehead atoms. The van der Waals surface area contributed by atoms with Gasteiger partial charge in [-0.2, -0.15) is 0 Å². The van der Waals surface area contributed by atoms with Crippen LogP contribution in [-0.4, -0.2) is 46.1 Å². The van der Waals surface area contributed by atoms with E-state index in [-0.39, 0.29) is 23.9 Å². The summed E-state index contributed by atoms with van der Waals surface area (Å²) in [5.41, 5.74) is 3.43. The average molecular weight is 467 g/mol. The predicted molar refractivity (Wildman–Crippen MR) is 131 cm³/mol. The smallest absolute Gasteiger partial charge is 0.407 e. The molecule has 2 aliphatic carbocycles. The van der Waals surface area contributed by atoms with Crippen molar-refractivity contribution in [1.29, 1.82) is 0 Å². The van der Waals surface area contributed by atoms with Gasteiger partial charge in [-0.25, -0.2) is 9.78 Å². The van der Waals surface area contributed by atoms with Crippen LogP contribution in [-0.2, 0) is 9.53 Å². The van der Waals surface area contributed by atoms with Crippen molar-refractivity contribution < 1.29 is 14.3 Å². The van der Waals surface area contributed by atoms with Gasteiger partial charge in [0.1, 0.15) is 11.9 Å². The van der Waals surface area contributed by atoms with E-state index in [1.54, 1.807) is 0 Å². The number of benzene rings is 1. The first-order valence-electron chi connectivity index (χ1n) is 13.1. The molecule has 7 nitrogen and oxygen atoms in total. The van der Waals surface area contributed by atoms with Crippen LogP contribution >= 0.6 is 0 Å². The molecule has 2 heterocycles. The maximum absolute atomic E-state index is 13.9. The molecule has 7 heteroatoms. The number of aromatic nitrogens is 2. The standard InChI is InChI=1S/C27H38N4O3/c1-16(2)24(30-27(33)34-3)26(32)31-22-11-7-6-10-19(22)15-23(31)25-28-20-13-12-18(14-21(20)29-25)17-8-4-5-9-17/h12-14,16-17,19,22-24H,4-11,15H2,1-3H3,(H,28,29)(H,30,33)/t19-,22-,23?,24-/m0/s1. The summed E-state index contributed by atoms with van der Waals surface area (Å²) < 4.78 is 4.82. The summed E-state index contributed by atoms with van der Waals surface area (Å²) in [4.78, 5) is 36.6. The lowest BCUT2D eigenvalue weighted by molar-refractivity contribution is -0.138. The molecule has 34 heavy (non-hydrogen) atoms. The third kappa shape index (κ3) is 4.29. The predicted octanol–water partition coefficient (Wildman–Crippen LogP) is 5.43. The van der Waals surface area contributed by atoms with Crippen molar-refractivity contribution in [3.05, 3.63) is 29.6 Å². The minimum absolute atomic E-state index is 0.0214. The Morgan fingerprint density at radius 2 is 1.85 bits per heavy atom. The maximum atomic E-state index is 13.9. The summed E-state index contributed by atoms with van der Waals surface area (Å²) >= 11 is 0. The zero-order chi connectivity index (χ0) is 23.8. The van der Waals surface area contributed by atoms with Gasteiger partial charge in [0.2, 0.25) is 5.91 Å². The number of aromatic amines is 1. The number of methoxy groups -OCH3 is 1. The van der Waals surface area contributed by atoms with Gasteiger partial charge in [0.05, 0.1) is 24.2 Å². The summed E-state index contributed by atoms with van der Waals surface area (Å²) in [6, 6.07) is 6.13. The number of alkyl carbamates (subject to hydrolysis) is 1. The number of carbonyl (C=O) groups excluding carboxylic acids is 2. The van der Waals surface area contributed by atoms with Crippen LogP contribution < -0.4 is 5.32 Å². The Labute approximate surface area is 202 Å². The van der Waals surface area contributed by atoms with Crippen molar-refractivity contribution in [3.63, 3.8) is 0 Å². The molecule has 0 radical (unpaired) electrons. The second kappa shape index (κ2) is 9.59. The second-order valence-electron chi connectivity index (χ2n) is 10.8. The fourth-order valence-corrected chi connectivity index (χ4v) is 6.60. The van der Waals surface area contributed by atoms with Crippen molar-refractivity contribution in [2.45, 2.75) is 95.7 Å². The Morgan fingerprint density at radius 3 is 2.59 bits per heavy atom. The molecule has 1 aromatic carbocycles. The van der Waals surface area contributed by atoms with E-state index < -0.39 is 12.1 Å². The Bertz CT molecular complexity index is 1040. The van der Waals surface area contributed by atoms with E-state index in [0.717, 1.165) is 42.5 Å². The molecular formula is C27H38N4O3. The number of amides is 2. The van der Waals surface area contributed by atoms with E-state index in [2.05, 4.69) is 33.4 Å². The van der Waals surface area contributed by atoms with Crippen LogP contribution in [0.25, 0.3) is 11.0 Å². The Balaban J connectivity index is 1.47. The van der Waals surface area contributed by atoms with Crippen LogP contribution in [0, 0.1) is 11.8 Å². The highest BCUT2D eigenvalue weighted by atomic mass is 16.5. The zero-order valence-corrected chi connectivity index (χ0v) is 20.7. The largest absolute Gasteiger partial charge is 0.453 e. The van der Waals surface area contributed by atoms with E-state index in [1.807, 2.05) is 13.8 Å². The first-order valence-corrected chi connectivity index (χ1v) is 13.1. The van der Waals surface area contributed by atoms with Gasteiger partial charge >= 0.3 is 6.09 Å². The Morgan fingerprint density at radius 1 is 1.12 bits per heavy atom. The average Bonchev–Trinajstić information content (AvgIpc) is 3.58. The molecule has 2 aromatic rings. The van der Waals surface area contributed by atoms with Gasteiger partial charge in [-0.15, -0.1) is 0 Å². The number of nitrogens with zero attached hydrogens (tertiary/aromatic N) is 2. The topological polar surface area (TPSA) is 87.3 Å². The minimum atomic E-state index is -0.617. The van der Waals surface area contributed by atoms with E-state index in [9.17, 15) is 9.59 Å². The van der Waals surface area contributed by atoms with Crippen molar-refractivity contribution in [3.8, 4) is 0 Å². The number of hydrogen-bond acceptors (Lipinski definition) is 4. The Hall–Kier alpha value is -2.57. The number of carbonyl (C=O) groups is 2. The van der Waals surface area contributed by atoms with Gasteiger partial charge in [0.15, 0.2) is 0 Å². The fraction of sp³-hybridized carbons (Fsp3) is 0.667. The second-order valence-corrected chi connectivity index (χ2v) is 10.8. The minimum Gasteiger partial charge on any atom is -0.453 e. The van der Waals surface area contributed by atoms with E-state index in [4.69, 9.17) is 9.72 Å². The number of fused-ring (bicyclic) bond motifs is 2. The monoisotopic (exact) mass is 466 g/mol. The third-order valence-electron chi connectivity index (χ3n) is 8.40. The van der Waals surface area contributed by atoms with Crippen molar-refractivity contribution in [2.75, 3.05) is 7.11 Å².